The Morgan fingerprint density at radius 2 is 2.10 bits per heavy atom. The molecular formula is C14H21NO4S2. The molecule has 1 aliphatic heterocycles. The first-order valence-electron chi connectivity index (χ1n) is 6.92. The van der Waals surface area contributed by atoms with Crippen molar-refractivity contribution in [2.24, 2.45) is 0 Å². The molecule has 0 aliphatic carbocycles. The lowest BCUT2D eigenvalue weighted by molar-refractivity contribution is 0.259. The quantitative estimate of drug-likeness (QED) is 0.838. The molecule has 3 unspecified atom stereocenters. The molecule has 0 radical (unpaired) electrons. The second-order valence-electron chi connectivity index (χ2n) is 5.14. The molecule has 1 aromatic rings. The summed E-state index contributed by atoms with van der Waals surface area (Å²) in [7, 11) is -4.36. The van der Waals surface area contributed by atoms with Crippen LogP contribution in [0.15, 0.2) is 24.3 Å². The minimum absolute atomic E-state index is 0.0589. The molecule has 1 aromatic carbocycles. The zero-order valence-corrected chi connectivity index (χ0v) is 13.9. The number of benzene rings is 1. The average Bonchev–Trinajstić information content (AvgIpc) is 2.44. The summed E-state index contributed by atoms with van der Waals surface area (Å²) < 4.78 is 40.6. The van der Waals surface area contributed by atoms with Crippen LogP contribution in [0.1, 0.15) is 18.5 Å². The number of para-hydroxylation sites is 1. The molecule has 0 amide bonds. The lowest BCUT2D eigenvalue weighted by Crippen LogP contribution is -2.43. The summed E-state index contributed by atoms with van der Waals surface area (Å²) in [6.45, 7) is 3.08. The van der Waals surface area contributed by atoms with Crippen molar-refractivity contribution in [2.45, 2.75) is 18.2 Å². The van der Waals surface area contributed by atoms with Crippen LogP contribution in [0.4, 0.5) is 0 Å². The molecule has 5 nitrogen and oxygen atoms in total. The molecule has 21 heavy (non-hydrogen) atoms. The van der Waals surface area contributed by atoms with Gasteiger partial charge in [0.1, 0.15) is 22.2 Å². The summed E-state index contributed by atoms with van der Waals surface area (Å²) in [5, 5.41) is 3.11. The van der Waals surface area contributed by atoms with Crippen LogP contribution in [-0.4, -0.2) is 48.8 Å². The Morgan fingerprint density at radius 1 is 1.38 bits per heavy atom. The second-order valence-corrected chi connectivity index (χ2v) is 9.17. The molecule has 0 saturated heterocycles. The minimum atomic E-state index is -3.10. The molecule has 1 N–H and O–H groups in total. The van der Waals surface area contributed by atoms with E-state index in [2.05, 4.69) is 5.32 Å². The fraction of sp³-hybridized carbons (Fsp3) is 0.571. The molecule has 3 atom stereocenters. The third-order valence-corrected chi connectivity index (χ3v) is 6.34. The number of fused-ring (bicyclic) bond motifs is 1. The van der Waals surface area contributed by atoms with E-state index in [1.807, 2.05) is 31.2 Å². The zero-order chi connectivity index (χ0) is 15.5. The monoisotopic (exact) mass is 331 g/mol. The average molecular weight is 331 g/mol. The van der Waals surface area contributed by atoms with E-state index >= 15 is 0 Å². The van der Waals surface area contributed by atoms with Crippen molar-refractivity contribution in [2.75, 3.05) is 30.9 Å². The number of hydrogen-bond donors (Lipinski definition) is 1. The second kappa shape index (κ2) is 6.89. The predicted octanol–water partition coefficient (Wildman–Crippen LogP) is 0.892. The van der Waals surface area contributed by atoms with Gasteiger partial charge in [-0.25, -0.2) is 8.42 Å². The Morgan fingerprint density at radius 3 is 2.76 bits per heavy atom. The summed E-state index contributed by atoms with van der Waals surface area (Å²) in [5.74, 6) is 0.896. The largest absolute Gasteiger partial charge is 0.492 e. The number of rotatable bonds is 6. The van der Waals surface area contributed by atoms with Crippen molar-refractivity contribution in [1.82, 2.24) is 5.32 Å². The maximum Gasteiger partial charge on any atom is 0.148 e. The van der Waals surface area contributed by atoms with E-state index in [-0.39, 0.29) is 22.8 Å². The Balaban J connectivity index is 2.18. The molecule has 0 fully saturated rings. The lowest BCUT2D eigenvalue weighted by atomic mass is 10.0. The van der Waals surface area contributed by atoms with Gasteiger partial charge in [-0.2, -0.15) is 0 Å². The summed E-state index contributed by atoms with van der Waals surface area (Å²) in [5.41, 5.74) is 0.989. The molecule has 0 spiro atoms. The van der Waals surface area contributed by atoms with E-state index in [1.54, 1.807) is 0 Å². The first-order chi connectivity index (χ1) is 9.92. The summed E-state index contributed by atoms with van der Waals surface area (Å²) in [6.07, 6.45) is 1.17. The topological polar surface area (TPSA) is 72.5 Å². The van der Waals surface area contributed by atoms with Crippen LogP contribution in [0.3, 0.4) is 0 Å². The molecule has 1 aliphatic rings. The van der Waals surface area contributed by atoms with E-state index in [0.29, 0.717) is 6.61 Å². The highest BCUT2D eigenvalue weighted by molar-refractivity contribution is 7.92. The number of ether oxygens (including phenoxy) is 1. The summed E-state index contributed by atoms with van der Waals surface area (Å²) >= 11 is 0. The SMILES string of the molecule is CCNC1c2ccccc2OCC1S(=O)CCS(C)(=O)=O. The number of sulfone groups is 1. The molecule has 7 heteroatoms. The van der Waals surface area contributed by atoms with Crippen molar-refractivity contribution in [3.8, 4) is 5.75 Å². The molecule has 0 aromatic heterocycles. The van der Waals surface area contributed by atoms with Crippen LogP contribution in [0.5, 0.6) is 5.75 Å². The first-order valence-corrected chi connectivity index (χ1v) is 10.4. The smallest absolute Gasteiger partial charge is 0.148 e. The van der Waals surface area contributed by atoms with Crippen LogP contribution >= 0.6 is 0 Å². The molecule has 1 heterocycles. The van der Waals surface area contributed by atoms with Gasteiger partial charge in [0.25, 0.3) is 0 Å². The zero-order valence-electron chi connectivity index (χ0n) is 12.2. The van der Waals surface area contributed by atoms with Gasteiger partial charge in [0.15, 0.2) is 0 Å². The minimum Gasteiger partial charge on any atom is -0.492 e. The Kier molecular flexibility index (Phi) is 5.40. The number of nitrogens with one attached hydrogen (secondary N) is 1. The Bertz CT molecular complexity index is 615. The standard InChI is InChI=1S/C14H21NO4S2/c1-3-15-14-11-6-4-5-7-12(11)19-10-13(14)20(16)8-9-21(2,17)18/h4-7,13-15H,3,8-10H2,1-2H3. The van der Waals surface area contributed by atoms with Gasteiger partial charge in [-0.05, 0) is 12.6 Å². The van der Waals surface area contributed by atoms with Crippen LogP contribution in [0, 0.1) is 0 Å². The lowest BCUT2D eigenvalue weighted by Gasteiger charge is -2.33. The van der Waals surface area contributed by atoms with E-state index in [4.69, 9.17) is 4.74 Å². The summed E-state index contributed by atoms with van der Waals surface area (Å²) in [6, 6.07) is 7.62. The highest BCUT2D eigenvalue weighted by Crippen LogP contribution is 2.34. The third kappa shape index (κ3) is 4.28. The molecule has 0 saturated carbocycles. The van der Waals surface area contributed by atoms with E-state index in [1.165, 1.54) is 6.26 Å². The van der Waals surface area contributed by atoms with Crippen molar-refractivity contribution >= 4 is 20.6 Å². The van der Waals surface area contributed by atoms with Crippen molar-refractivity contribution in [1.29, 1.82) is 0 Å². The highest BCUT2D eigenvalue weighted by Gasteiger charge is 2.34. The van der Waals surface area contributed by atoms with Gasteiger partial charge in [-0.15, -0.1) is 0 Å². The van der Waals surface area contributed by atoms with Crippen LogP contribution in [0.2, 0.25) is 0 Å². The Labute approximate surface area is 128 Å². The summed E-state index contributed by atoms with van der Waals surface area (Å²) in [4.78, 5) is 0. The fourth-order valence-corrected chi connectivity index (χ4v) is 5.35. The fourth-order valence-electron chi connectivity index (χ4n) is 2.41. The van der Waals surface area contributed by atoms with E-state index in [0.717, 1.165) is 17.9 Å². The maximum absolute atomic E-state index is 12.5. The molecular weight excluding hydrogens is 310 g/mol. The highest BCUT2D eigenvalue weighted by atomic mass is 32.2. The van der Waals surface area contributed by atoms with Gasteiger partial charge in [0.2, 0.25) is 0 Å². The van der Waals surface area contributed by atoms with Crippen LogP contribution < -0.4 is 10.1 Å². The normalized spacial score (nSPS) is 23.1. The van der Waals surface area contributed by atoms with Gasteiger partial charge in [-0.1, -0.05) is 25.1 Å². The van der Waals surface area contributed by atoms with Crippen molar-refractivity contribution < 1.29 is 17.4 Å². The molecule has 2 rings (SSSR count). The maximum atomic E-state index is 12.5. The Hall–Kier alpha value is -0.920. The van der Waals surface area contributed by atoms with Crippen LogP contribution in [-0.2, 0) is 20.6 Å². The van der Waals surface area contributed by atoms with Crippen molar-refractivity contribution in [3.63, 3.8) is 0 Å². The van der Waals surface area contributed by atoms with E-state index in [9.17, 15) is 12.6 Å². The molecule has 0 bridgehead atoms. The van der Waals surface area contributed by atoms with Crippen LogP contribution in [0.25, 0.3) is 0 Å². The molecule has 118 valence electrons. The van der Waals surface area contributed by atoms with Crippen molar-refractivity contribution in [3.05, 3.63) is 29.8 Å². The van der Waals surface area contributed by atoms with Gasteiger partial charge >= 0.3 is 0 Å². The van der Waals surface area contributed by atoms with Gasteiger partial charge in [0, 0.05) is 28.4 Å². The third-order valence-electron chi connectivity index (χ3n) is 3.45. The van der Waals surface area contributed by atoms with Gasteiger partial charge in [-0.3, -0.25) is 4.21 Å². The number of hydrogen-bond acceptors (Lipinski definition) is 5. The van der Waals surface area contributed by atoms with Gasteiger partial charge < -0.3 is 10.1 Å². The van der Waals surface area contributed by atoms with Gasteiger partial charge in [0.05, 0.1) is 17.0 Å². The predicted molar refractivity (Wildman–Crippen MR) is 84.9 cm³/mol. The first kappa shape index (κ1) is 16.5. The van der Waals surface area contributed by atoms with E-state index < -0.39 is 20.6 Å².